The number of rotatable bonds is 3. The Morgan fingerprint density at radius 1 is 1.35 bits per heavy atom. The van der Waals surface area contributed by atoms with Crippen molar-refractivity contribution in [3.05, 3.63) is 34.5 Å². The van der Waals surface area contributed by atoms with Crippen LogP contribution in [0.15, 0.2) is 39.5 Å². The van der Waals surface area contributed by atoms with Crippen LogP contribution in [0, 0.1) is 5.92 Å². The van der Waals surface area contributed by atoms with Gasteiger partial charge in [-0.25, -0.2) is 15.0 Å². The van der Waals surface area contributed by atoms with Crippen LogP contribution in [0.2, 0.25) is 0 Å². The zero-order valence-corrected chi connectivity index (χ0v) is 15.3. The minimum Gasteiger partial charge on any atom is -0.446 e. The first-order valence-corrected chi connectivity index (χ1v) is 9.00. The predicted octanol–water partition coefficient (Wildman–Crippen LogP) is 3.25. The molecule has 0 aliphatic carbocycles. The Hall–Kier alpha value is -2.87. The topological polar surface area (TPSA) is 93.0 Å². The second-order valence-corrected chi connectivity index (χ2v) is 7.46. The van der Waals surface area contributed by atoms with Crippen LogP contribution >= 0.6 is 11.3 Å². The number of fused-ring (bicyclic) bond motifs is 2. The lowest BCUT2D eigenvalue weighted by Crippen LogP contribution is -2.29. The van der Waals surface area contributed by atoms with Crippen LogP contribution in [0.4, 0.5) is 5.69 Å². The number of nitrogens with one attached hydrogen (secondary N) is 1. The quantitative estimate of drug-likeness (QED) is 0.900. The molecule has 2 aromatic rings. The van der Waals surface area contributed by atoms with Crippen molar-refractivity contribution in [3.63, 3.8) is 0 Å². The summed E-state index contributed by atoms with van der Waals surface area (Å²) in [6.45, 7) is 5.83. The summed E-state index contributed by atoms with van der Waals surface area (Å²) in [6, 6.07) is 5.56. The fraction of sp³-hybridized carbons (Fsp3) is 0.278. The monoisotopic (exact) mass is 368 g/mol. The number of carbonyl (C=O) groups excluding carboxylic acids is 2. The van der Waals surface area contributed by atoms with Crippen molar-refractivity contribution in [3.8, 4) is 0 Å². The van der Waals surface area contributed by atoms with Crippen molar-refractivity contribution >= 4 is 51.3 Å². The van der Waals surface area contributed by atoms with Gasteiger partial charge in [-0.05, 0) is 25.1 Å². The molecule has 0 saturated heterocycles. The molecule has 0 spiro atoms. The molecular formula is C18H16N4O3S. The zero-order valence-electron chi connectivity index (χ0n) is 14.4. The highest BCUT2D eigenvalue weighted by molar-refractivity contribution is 7.18. The van der Waals surface area contributed by atoms with E-state index >= 15 is 0 Å². The highest BCUT2D eigenvalue weighted by Crippen LogP contribution is 2.32. The van der Waals surface area contributed by atoms with Crippen LogP contribution in [0.1, 0.15) is 31.7 Å². The normalized spacial score (nSPS) is 19.0. The number of aromatic nitrogens is 1. The number of thiazole rings is 1. The fourth-order valence-corrected chi connectivity index (χ4v) is 3.91. The van der Waals surface area contributed by atoms with E-state index in [0.717, 1.165) is 21.6 Å². The van der Waals surface area contributed by atoms with E-state index in [0.29, 0.717) is 17.4 Å². The van der Waals surface area contributed by atoms with Gasteiger partial charge in [0.25, 0.3) is 11.8 Å². The van der Waals surface area contributed by atoms with Crippen LogP contribution in [-0.2, 0) is 14.3 Å². The number of hydrogen-bond donors (Lipinski definition) is 1. The first-order chi connectivity index (χ1) is 12.4. The summed E-state index contributed by atoms with van der Waals surface area (Å²) in [5.41, 5.74) is 1.79. The maximum atomic E-state index is 12.8. The predicted molar refractivity (Wildman–Crippen MR) is 101 cm³/mol. The molecule has 2 amide bonds. The third kappa shape index (κ3) is 2.72. The van der Waals surface area contributed by atoms with Gasteiger partial charge >= 0.3 is 0 Å². The van der Waals surface area contributed by atoms with Gasteiger partial charge in [-0.3, -0.25) is 9.59 Å². The summed E-state index contributed by atoms with van der Waals surface area (Å²) < 4.78 is 6.46. The highest BCUT2D eigenvalue weighted by Gasteiger charge is 2.42. The van der Waals surface area contributed by atoms with Crippen molar-refractivity contribution in [2.75, 3.05) is 5.32 Å². The minimum absolute atomic E-state index is 0.201. The maximum absolute atomic E-state index is 12.8. The smallest absolute Gasteiger partial charge is 0.264 e. The zero-order chi connectivity index (χ0) is 18.4. The van der Waals surface area contributed by atoms with Crippen molar-refractivity contribution in [1.82, 2.24) is 4.98 Å². The van der Waals surface area contributed by atoms with Crippen LogP contribution in [0.3, 0.4) is 0 Å². The summed E-state index contributed by atoms with van der Waals surface area (Å²) in [6.07, 6.45) is 1.15. The number of allylic oxidation sites excluding steroid dienone is 1. The maximum Gasteiger partial charge on any atom is 0.264 e. The standard InChI is InChI=1S/C18H16N4O3S/c1-8(2)18-22-11-5-4-10(6-12(11)26-18)21-16(24)13-9(3)25-17-14(13)15(23)19-7-20-17/h4-8,14H,1-3H3,(H,21,24). The second kappa shape index (κ2) is 6.14. The molecule has 8 heteroatoms. The summed E-state index contributed by atoms with van der Waals surface area (Å²) in [4.78, 5) is 37.0. The van der Waals surface area contributed by atoms with Gasteiger partial charge in [0.05, 0.1) is 20.8 Å². The van der Waals surface area contributed by atoms with Gasteiger partial charge in [0.2, 0.25) is 5.90 Å². The Balaban J connectivity index is 1.61. The lowest BCUT2D eigenvalue weighted by Gasteiger charge is -2.12. The Bertz CT molecular complexity index is 1030. The molecule has 1 atom stereocenters. The third-order valence-corrected chi connectivity index (χ3v) is 5.51. The van der Waals surface area contributed by atoms with Gasteiger partial charge in [-0.15, -0.1) is 11.3 Å². The van der Waals surface area contributed by atoms with Crippen LogP contribution < -0.4 is 5.32 Å². The van der Waals surface area contributed by atoms with E-state index in [1.807, 2.05) is 12.1 Å². The van der Waals surface area contributed by atoms with E-state index in [2.05, 4.69) is 34.1 Å². The number of nitrogens with zero attached hydrogens (tertiary/aromatic N) is 3. The lowest BCUT2D eigenvalue weighted by molar-refractivity contribution is -0.121. The summed E-state index contributed by atoms with van der Waals surface area (Å²) in [7, 11) is 0. The molecule has 4 rings (SSSR count). The molecule has 2 aliphatic heterocycles. The first-order valence-electron chi connectivity index (χ1n) is 8.18. The van der Waals surface area contributed by atoms with E-state index in [-0.39, 0.29) is 11.5 Å². The minimum atomic E-state index is -0.861. The van der Waals surface area contributed by atoms with E-state index in [1.165, 1.54) is 0 Å². The lowest BCUT2D eigenvalue weighted by atomic mass is 9.97. The van der Waals surface area contributed by atoms with Gasteiger partial charge in [0.1, 0.15) is 12.1 Å². The largest absolute Gasteiger partial charge is 0.446 e. The molecule has 3 heterocycles. The number of ether oxygens (including phenoxy) is 1. The molecule has 2 aliphatic rings. The van der Waals surface area contributed by atoms with E-state index in [9.17, 15) is 9.59 Å². The summed E-state index contributed by atoms with van der Waals surface area (Å²) in [5.74, 6) is -0.782. The van der Waals surface area contributed by atoms with Crippen molar-refractivity contribution in [2.24, 2.45) is 15.9 Å². The first kappa shape index (κ1) is 16.6. The van der Waals surface area contributed by atoms with Gasteiger partial charge in [0.15, 0.2) is 5.92 Å². The molecule has 0 bridgehead atoms. The van der Waals surface area contributed by atoms with E-state index < -0.39 is 17.7 Å². The highest BCUT2D eigenvalue weighted by atomic mass is 32.1. The molecule has 1 N–H and O–H groups in total. The van der Waals surface area contributed by atoms with Gasteiger partial charge in [-0.2, -0.15) is 0 Å². The van der Waals surface area contributed by atoms with Crippen molar-refractivity contribution in [2.45, 2.75) is 26.7 Å². The van der Waals surface area contributed by atoms with Crippen molar-refractivity contribution in [1.29, 1.82) is 0 Å². The Morgan fingerprint density at radius 2 is 2.15 bits per heavy atom. The average Bonchev–Trinajstić information content (AvgIpc) is 3.15. The van der Waals surface area contributed by atoms with Crippen LogP contribution in [0.5, 0.6) is 0 Å². The number of hydrogen-bond acceptors (Lipinski definition) is 6. The molecule has 7 nitrogen and oxygen atoms in total. The van der Waals surface area contributed by atoms with Crippen LogP contribution in [0.25, 0.3) is 10.2 Å². The van der Waals surface area contributed by atoms with E-state index in [4.69, 9.17) is 4.74 Å². The number of benzene rings is 1. The van der Waals surface area contributed by atoms with Gasteiger partial charge in [0, 0.05) is 11.6 Å². The second-order valence-electron chi connectivity index (χ2n) is 6.40. The fourth-order valence-electron chi connectivity index (χ4n) is 2.90. The SMILES string of the molecule is CC1=C(C(=O)Nc2ccc3nc(C(C)C)sc3c2)C2C(=O)N=CN=C2O1. The van der Waals surface area contributed by atoms with Gasteiger partial charge in [-0.1, -0.05) is 13.8 Å². The molecule has 0 fully saturated rings. The molecule has 132 valence electrons. The third-order valence-electron chi connectivity index (χ3n) is 4.19. The van der Waals surface area contributed by atoms with Gasteiger partial charge < -0.3 is 10.1 Å². The summed E-state index contributed by atoms with van der Waals surface area (Å²) >= 11 is 1.61. The van der Waals surface area contributed by atoms with Crippen molar-refractivity contribution < 1.29 is 14.3 Å². The Labute approximate surface area is 153 Å². The summed E-state index contributed by atoms with van der Waals surface area (Å²) in [5, 5.41) is 3.89. The molecule has 0 radical (unpaired) electrons. The molecule has 26 heavy (non-hydrogen) atoms. The molecular weight excluding hydrogens is 352 g/mol. The molecule has 0 saturated carbocycles. The molecule has 1 unspecified atom stereocenters. The van der Waals surface area contributed by atoms with Crippen LogP contribution in [-0.4, -0.2) is 29.0 Å². The van der Waals surface area contributed by atoms with E-state index in [1.54, 1.807) is 24.3 Å². The molecule has 1 aromatic carbocycles. The Kier molecular flexibility index (Phi) is 3.91. The number of carbonyl (C=O) groups is 2. The number of aliphatic imine (C=N–C) groups is 2. The molecule has 1 aromatic heterocycles. The Morgan fingerprint density at radius 3 is 2.92 bits per heavy atom. The average molecular weight is 368 g/mol. The number of anilines is 1. The number of amides is 2.